The van der Waals surface area contributed by atoms with E-state index in [1.54, 1.807) is 0 Å². The molecule has 6 heteroatoms. The topological polar surface area (TPSA) is 99.9 Å². The molecule has 0 unspecified atom stereocenters. The van der Waals surface area contributed by atoms with Gasteiger partial charge in [-0.25, -0.2) is 0 Å². The van der Waals surface area contributed by atoms with Gasteiger partial charge in [-0.15, -0.1) is 0 Å². The number of anilines is 2. The summed E-state index contributed by atoms with van der Waals surface area (Å²) in [4.78, 5) is 0. The number of nitrogens with two attached hydrogens (primary N) is 1. The average Bonchev–Trinajstić information content (AvgIpc) is 2.39. The predicted molar refractivity (Wildman–Crippen MR) is 45.9 cm³/mol. The van der Waals surface area contributed by atoms with Crippen LogP contribution in [0.1, 0.15) is 5.56 Å². The summed E-state index contributed by atoms with van der Waals surface area (Å²) in [5, 5.41) is 18.5. The Hall–Kier alpha value is -1.74. The van der Waals surface area contributed by atoms with Crippen molar-refractivity contribution in [3.8, 4) is 6.07 Å². The van der Waals surface area contributed by atoms with Crippen molar-refractivity contribution >= 4 is 11.7 Å². The molecule has 4 N–H and O–H groups in total. The van der Waals surface area contributed by atoms with E-state index in [9.17, 15) is 0 Å². The second kappa shape index (κ2) is 2.95. The first-order valence-corrected chi connectivity index (χ1v) is 3.93. The Morgan fingerprint density at radius 1 is 1.69 bits per heavy atom. The second-order valence-electron chi connectivity index (χ2n) is 2.88. The lowest BCUT2D eigenvalue weighted by atomic mass is 10.2. The summed E-state index contributed by atoms with van der Waals surface area (Å²) in [6.07, 6.45) is 0. The molecule has 2 rings (SSSR count). The lowest BCUT2D eigenvalue weighted by molar-refractivity contribution is 0.430. The highest BCUT2D eigenvalue weighted by Gasteiger charge is 2.21. The molecule has 0 radical (unpaired) electrons. The van der Waals surface area contributed by atoms with E-state index >= 15 is 0 Å². The molecule has 0 bridgehead atoms. The Morgan fingerprint density at radius 3 is 3.00 bits per heavy atom. The van der Waals surface area contributed by atoms with Gasteiger partial charge < -0.3 is 20.9 Å². The SMILES string of the molecule is N#Cc1c(NC2CNC2)noc1N. The largest absolute Gasteiger partial charge is 0.366 e. The Kier molecular flexibility index (Phi) is 1.79. The smallest absolute Gasteiger partial charge is 0.242 e. The minimum absolute atomic E-state index is 0.0669. The molecule has 1 aliphatic heterocycles. The van der Waals surface area contributed by atoms with Crippen molar-refractivity contribution in [3.05, 3.63) is 5.56 Å². The number of hydrogen-bond donors (Lipinski definition) is 3. The molecular formula is C7H9N5O. The molecule has 0 aliphatic carbocycles. The maximum absolute atomic E-state index is 8.71. The van der Waals surface area contributed by atoms with Crippen LogP contribution in [0.25, 0.3) is 0 Å². The number of nitrogens with one attached hydrogen (secondary N) is 2. The Balaban J connectivity index is 2.15. The summed E-state index contributed by atoms with van der Waals surface area (Å²) in [5.74, 6) is 0.504. The van der Waals surface area contributed by atoms with Gasteiger partial charge >= 0.3 is 0 Å². The van der Waals surface area contributed by atoms with E-state index in [4.69, 9.17) is 11.0 Å². The molecule has 6 nitrogen and oxygen atoms in total. The average molecular weight is 179 g/mol. The normalized spacial score (nSPS) is 16.2. The molecular weight excluding hydrogens is 170 g/mol. The van der Waals surface area contributed by atoms with E-state index < -0.39 is 0 Å². The third-order valence-corrected chi connectivity index (χ3v) is 1.95. The van der Waals surface area contributed by atoms with Gasteiger partial charge in [-0.05, 0) is 0 Å². The highest BCUT2D eigenvalue weighted by atomic mass is 16.5. The van der Waals surface area contributed by atoms with Gasteiger partial charge in [0.2, 0.25) is 5.88 Å². The van der Waals surface area contributed by atoms with Crippen LogP contribution in [0.3, 0.4) is 0 Å². The zero-order valence-corrected chi connectivity index (χ0v) is 6.87. The quantitative estimate of drug-likeness (QED) is 0.566. The van der Waals surface area contributed by atoms with Gasteiger partial charge in [-0.3, -0.25) is 0 Å². The van der Waals surface area contributed by atoms with Crippen molar-refractivity contribution < 1.29 is 4.52 Å². The Labute approximate surface area is 74.7 Å². The Morgan fingerprint density at radius 2 is 2.46 bits per heavy atom. The van der Waals surface area contributed by atoms with Gasteiger partial charge in [0.05, 0.1) is 6.04 Å². The van der Waals surface area contributed by atoms with Gasteiger partial charge in [0.1, 0.15) is 6.07 Å². The number of hydrogen-bond acceptors (Lipinski definition) is 6. The molecule has 13 heavy (non-hydrogen) atoms. The van der Waals surface area contributed by atoms with Gasteiger partial charge in [0, 0.05) is 13.1 Å². The molecule has 1 aliphatic rings. The summed E-state index contributed by atoms with van der Waals surface area (Å²) in [6.45, 7) is 1.75. The van der Waals surface area contributed by atoms with Crippen LogP contribution >= 0.6 is 0 Å². The zero-order valence-electron chi connectivity index (χ0n) is 6.87. The minimum Gasteiger partial charge on any atom is -0.366 e. The highest BCUT2D eigenvalue weighted by Crippen LogP contribution is 2.20. The maximum atomic E-state index is 8.71. The summed E-state index contributed by atoms with van der Waals surface area (Å²) >= 11 is 0. The fourth-order valence-corrected chi connectivity index (χ4v) is 1.09. The molecule has 0 amide bonds. The maximum Gasteiger partial charge on any atom is 0.242 e. The van der Waals surface area contributed by atoms with Crippen molar-refractivity contribution in [3.63, 3.8) is 0 Å². The molecule has 0 atom stereocenters. The van der Waals surface area contributed by atoms with Crippen LogP contribution in [-0.4, -0.2) is 24.3 Å². The van der Waals surface area contributed by atoms with Crippen LogP contribution in [0.2, 0.25) is 0 Å². The minimum atomic E-state index is 0.0669. The highest BCUT2D eigenvalue weighted by molar-refractivity contribution is 5.61. The molecule has 1 aromatic heterocycles. The van der Waals surface area contributed by atoms with Crippen molar-refractivity contribution in [2.75, 3.05) is 24.1 Å². The monoisotopic (exact) mass is 179 g/mol. The third kappa shape index (κ3) is 1.29. The first-order valence-electron chi connectivity index (χ1n) is 3.93. The van der Waals surface area contributed by atoms with Crippen LogP contribution < -0.4 is 16.4 Å². The third-order valence-electron chi connectivity index (χ3n) is 1.95. The number of nitrogen functional groups attached to an aromatic ring is 1. The molecule has 68 valence electrons. The lowest BCUT2D eigenvalue weighted by Crippen LogP contribution is -2.51. The fourth-order valence-electron chi connectivity index (χ4n) is 1.09. The van der Waals surface area contributed by atoms with E-state index in [1.807, 2.05) is 6.07 Å². The van der Waals surface area contributed by atoms with Crippen molar-refractivity contribution in [2.45, 2.75) is 6.04 Å². The first kappa shape index (κ1) is 7.89. The molecule has 0 spiro atoms. The lowest BCUT2D eigenvalue weighted by Gasteiger charge is -2.27. The number of nitrogens with zero attached hydrogens (tertiary/aromatic N) is 2. The molecule has 1 saturated heterocycles. The zero-order chi connectivity index (χ0) is 9.26. The van der Waals surface area contributed by atoms with Crippen LogP contribution in [0.5, 0.6) is 0 Å². The standard InChI is InChI=1S/C7H9N5O/c8-1-5-6(9)13-12-7(5)11-4-2-10-3-4/h4,10H,2-3,9H2,(H,11,12). The summed E-state index contributed by atoms with van der Waals surface area (Å²) in [5.41, 5.74) is 5.66. The fraction of sp³-hybridized carbons (Fsp3) is 0.429. The van der Waals surface area contributed by atoms with E-state index in [-0.39, 0.29) is 11.4 Å². The molecule has 1 fully saturated rings. The summed E-state index contributed by atoms with van der Waals surface area (Å²) < 4.78 is 4.68. The van der Waals surface area contributed by atoms with Crippen molar-refractivity contribution in [1.82, 2.24) is 10.5 Å². The van der Waals surface area contributed by atoms with E-state index in [2.05, 4.69) is 20.3 Å². The Bertz CT molecular complexity index is 348. The predicted octanol–water partition coefficient (Wildman–Crippen LogP) is -0.488. The van der Waals surface area contributed by atoms with Crippen LogP contribution in [0.15, 0.2) is 4.52 Å². The molecule has 1 aromatic rings. The van der Waals surface area contributed by atoms with Gasteiger partial charge in [0.15, 0.2) is 11.4 Å². The first-order chi connectivity index (χ1) is 6.31. The van der Waals surface area contributed by atoms with Gasteiger partial charge in [-0.1, -0.05) is 5.16 Å². The molecule has 0 aromatic carbocycles. The number of rotatable bonds is 2. The van der Waals surface area contributed by atoms with Gasteiger partial charge in [-0.2, -0.15) is 5.26 Å². The number of aromatic nitrogens is 1. The van der Waals surface area contributed by atoms with E-state index in [0.717, 1.165) is 13.1 Å². The van der Waals surface area contributed by atoms with E-state index in [0.29, 0.717) is 11.9 Å². The summed E-state index contributed by atoms with van der Waals surface area (Å²) in [7, 11) is 0. The molecule has 0 saturated carbocycles. The van der Waals surface area contributed by atoms with E-state index in [1.165, 1.54) is 0 Å². The van der Waals surface area contributed by atoms with Crippen LogP contribution in [0.4, 0.5) is 11.7 Å². The van der Waals surface area contributed by atoms with Crippen molar-refractivity contribution in [1.29, 1.82) is 5.26 Å². The van der Waals surface area contributed by atoms with Crippen LogP contribution in [-0.2, 0) is 0 Å². The molecule has 2 heterocycles. The van der Waals surface area contributed by atoms with Gasteiger partial charge in [0.25, 0.3) is 0 Å². The summed E-state index contributed by atoms with van der Waals surface area (Å²) in [6, 6.07) is 2.25. The van der Waals surface area contributed by atoms with Crippen LogP contribution in [0, 0.1) is 11.3 Å². The van der Waals surface area contributed by atoms with Crippen molar-refractivity contribution in [2.24, 2.45) is 0 Å². The number of nitriles is 1. The second-order valence-corrected chi connectivity index (χ2v) is 2.88.